The molecule has 0 aromatic carbocycles. The van der Waals surface area contributed by atoms with Crippen molar-refractivity contribution in [1.82, 2.24) is 26.6 Å². The van der Waals surface area contributed by atoms with Crippen LogP contribution in [-0.4, -0.2) is 30.3 Å². The second-order valence-corrected chi connectivity index (χ2v) is 7.17. The molecule has 3 fully saturated rings. The van der Waals surface area contributed by atoms with Gasteiger partial charge < -0.3 is 0 Å². The molecule has 0 aromatic heterocycles. The molecule has 1 aliphatic heterocycles. The minimum atomic E-state index is -0.201. The molecule has 2 unspecified atom stereocenters. The van der Waals surface area contributed by atoms with Gasteiger partial charge in [-0.2, -0.15) is 0 Å². The fraction of sp³-hybridized carbons (Fsp3) is 1.00. The minimum absolute atomic E-state index is 0.0814. The molecule has 122 valence electrons. The Labute approximate surface area is 133 Å². The summed E-state index contributed by atoms with van der Waals surface area (Å²) in [7, 11) is 0. The molecule has 0 radical (unpaired) electrons. The van der Waals surface area contributed by atoms with Crippen LogP contribution in [0.1, 0.15) is 64.2 Å². The maximum atomic E-state index is 6.30. The van der Waals surface area contributed by atoms with Gasteiger partial charge in [0.1, 0.15) is 18.2 Å². The van der Waals surface area contributed by atoms with Crippen LogP contribution in [-0.2, 0) is 0 Å². The second kappa shape index (κ2) is 8.09. The van der Waals surface area contributed by atoms with Crippen LogP contribution in [0.5, 0.6) is 0 Å². The van der Waals surface area contributed by atoms with Gasteiger partial charge in [0.05, 0.1) is 0 Å². The normalized spacial score (nSPS) is 36.7. The van der Waals surface area contributed by atoms with Crippen LogP contribution in [0.3, 0.4) is 0 Å². The van der Waals surface area contributed by atoms with Crippen LogP contribution in [0, 0.1) is 0 Å². The van der Waals surface area contributed by atoms with E-state index in [2.05, 4.69) is 26.6 Å². The first-order chi connectivity index (χ1) is 10.3. The second-order valence-electron chi connectivity index (χ2n) is 6.73. The van der Waals surface area contributed by atoms with Gasteiger partial charge in [-0.3, -0.25) is 26.6 Å². The van der Waals surface area contributed by atoms with E-state index in [1.54, 1.807) is 0 Å². The Morgan fingerprint density at radius 3 is 1.48 bits per heavy atom. The molecular formula is C15H30ClN5. The molecular weight excluding hydrogens is 286 g/mol. The first-order valence-electron chi connectivity index (χ1n) is 8.74. The van der Waals surface area contributed by atoms with Crippen molar-refractivity contribution < 1.29 is 0 Å². The summed E-state index contributed by atoms with van der Waals surface area (Å²) >= 11 is 6.30. The van der Waals surface area contributed by atoms with E-state index in [1.807, 2.05) is 0 Å². The van der Waals surface area contributed by atoms with E-state index >= 15 is 0 Å². The maximum absolute atomic E-state index is 6.30. The molecule has 0 bridgehead atoms. The lowest BCUT2D eigenvalue weighted by Crippen LogP contribution is -2.74. The van der Waals surface area contributed by atoms with Crippen molar-refractivity contribution in [1.29, 1.82) is 0 Å². The summed E-state index contributed by atoms with van der Waals surface area (Å²) in [5.74, 6) is 0. The number of hydrogen-bond donors (Lipinski definition) is 5. The van der Waals surface area contributed by atoms with Gasteiger partial charge in [0.15, 0.2) is 0 Å². The zero-order valence-electron chi connectivity index (χ0n) is 12.8. The van der Waals surface area contributed by atoms with Crippen molar-refractivity contribution in [3.8, 4) is 0 Å². The topological polar surface area (TPSA) is 60.1 Å². The van der Waals surface area contributed by atoms with Crippen molar-refractivity contribution in [2.75, 3.05) is 0 Å². The lowest BCUT2D eigenvalue weighted by molar-refractivity contribution is 0.148. The molecule has 21 heavy (non-hydrogen) atoms. The van der Waals surface area contributed by atoms with Gasteiger partial charge >= 0.3 is 0 Å². The summed E-state index contributed by atoms with van der Waals surface area (Å²) < 4.78 is 0. The quantitative estimate of drug-likeness (QED) is 0.404. The number of nitrogens with one attached hydrogen (secondary N) is 5. The molecule has 5 nitrogen and oxygen atoms in total. The fourth-order valence-corrected chi connectivity index (χ4v) is 4.06. The van der Waals surface area contributed by atoms with Gasteiger partial charge in [-0.05, 0) is 25.7 Å². The molecule has 1 heterocycles. The smallest absolute Gasteiger partial charge is 0.139 e. The molecule has 1 saturated heterocycles. The van der Waals surface area contributed by atoms with Gasteiger partial charge in [-0.15, -0.1) is 0 Å². The number of hydrogen-bond acceptors (Lipinski definition) is 5. The van der Waals surface area contributed by atoms with Gasteiger partial charge in [0.25, 0.3) is 0 Å². The third-order valence-corrected chi connectivity index (χ3v) is 5.23. The number of alkyl halides is 1. The predicted molar refractivity (Wildman–Crippen MR) is 86.6 cm³/mol. The maximum Gasteiger partial charge on any atom is 0.139 e. The molecule has 3 rings (SSSR count). The van der Waals surface area contributed by atoms with Gasteiger partial charge in [-0.25, -0.2) is 0 Å². The molecule has 0 spiro atoms. The highest BCUT2D eigenvalue weighted by Gasteiger charge is 2.28. The summed E-state index contributed by atoms with van der Waals surface area (Å²) in [6, 6.07) is 1.22. The molecule has 0 amide bonds. The largest absolute Gasteiger partial charge is 0.287 e. The molecule has 2 aliphatic carbocycles. The van der Waals surface area contributed by atoms with Crippen LogP contribution in [0.15, 0.2) is 0 Å². The van der Waals surface area contributed by atoms with Crippen LogP contribution in [0.4, 0.5) is 0 Å². The highest BCUT2D eigenvalue weighted by molar-refractivity contribution is 6.20. The molecule has 3 aliphatic rings. The SMILES string of the molecule is ClC1NC(NC2CCCCC2)NC(NC2CCCCC2)N1. The average molecular weight is 316 g/mol. The van der Waals surface area contributed by atoms with Crippen LogP contribution < -0.4 is 26.6 Å². The Morgan fingerprint density at radius 2 is 1.05 bits per heavy atom. The van der Waals surface area contributed by atoms with Crippen LogP contribution in [0.25, 0.3) is 0 Å². The van der Waals surface area contributed by atoms with E-state index in [-0.39, 0.29) is 18.2 Å². The zero-order chi connectivity index (χ0) is 14.5. The summed E-state index contributed by atoms with van der Waals surface area (Å²) in [5.41, 5.74) is -0.201. The first-order valence-corrected chi connectivity index (χ1v) is 9.17. The van der Waals surface area contributed by atoms with E-state index in [9.17, 15) is 0 Å². The Kier molecular flexibility index (Phi) is 6.15. The van der Waals surface area contributed by atoms with E-state index in [0.29, 0.717) is 12.1 Å². The fourth-order valence-electron chi connectivity index (χ4n) is 3.81. The summed E-state index contributed by atoms with van der Waals surface area (Å²) in [6.07, 6.45) is 13.4. The minimum Gasteiger partial charge on any atom is -0.287 e. The van der Waals surface area contributed by atoms with Crippen molar-refractivity contribution in [3.05, 3.63) is 0 Å². The number of halogens is 1. The molecule has 6 heteroatoms. The monoisotopic (exact) mass is 315 g/mol. The highest BCUT2D eigenvalue weighted by Crippen LogP contribution is 2.19. The van der Waals surface area contributed by atoms with Crippen molar-refractivity contribution in [2.45, 2.75) is 94.5 Å². The summed E-state index contributed by atoms with van der Waals surface area (Å²) in [4.78, 5) is 0. The molecule has 0 aromatic rings. The van der Waals surface area contributed by atoms with Crippen molar-refractivity contribution in [2.24, 2.45) is 0 Å². The molecule has 5 N–H and O–H groups in total. The standard InChI is InChI=1S/C15H30ClN5/c16-13-19-14(17-11-7-3-1-4-8-11)21-15(20-13)18-12-9-5-2-6-10-12/h11-15,17-21H,1-10H2. The van der Waals surface area contributed by atoms with E-state index < -0.39 is 0 Å². The van der Waals surface area contributed by atoms with Crippen molar-refractivity contribution in [3.63, 3.8) is 0 Å². The Morgan fingerprint density at radius 1 is 0.619 bits per heavy atom. The Bertz CT molecular complexity index is 276. The van der Waals surface area contributed by atoms with Gasteiger partial charge in [0, 0.05) is 12.1 Å². The lowest BCUT2D eigenvalue weighted by atomic mass is 9.95. The van der Waals surface area contributed by atoms with E-state index in [4.69, 9.17) is 11.6 Å². The Hall–Kier alpha value is 0.0900. The molecule has 2 saturated carbocycles. The van der Waals surface area contributed by atoms with E-state index in [0.717, 1.165) is 0 Å². The predicted octanol–water partition coefficient (Wildman–Crippen LogP) is 1.70. The van der Waals surface area contributed by atoms with E-state index in [1.165, 1.54) is 64.2 Å². The van der Waals surface area contributed by atoms with Crippen molar-refractivity contribution >= 4 is 11.6 Å². The third kappa shape index (κ3) is 5.05. The summed E-state index contributed by atoms with van der Waals surface area (Å²) in [6.45, 7) is 0. The first kappa shape index (κ1) is 16.0. The van der Waals surface area contributed by atoms with Crippen LogP contribution >= 0.6 is 11.6 Å². The average Bonchev–Trinajstić information content (AvgIpc) is 2.48. The Balaban J connectivity index is 1.46. The highest BCUT2D eigenvalue weighted by atomic mass is 35.5. The van der Waals surface area contributed by atoms with Crippen LogP contribution in [0.2, 0.25) is 0 Å². The summed E-state index contributed by atoms with van der Waals surface area (Å²) in [5, 5.41) is 17.5. The molecule has 2 atom stereocenters. The zero-order valence-corrected chi connectivity index (χ0v) is 13.6. The third-order valence-electron chi connectivity index (χ3n) is 4.97. The van der Waals surface area contributed by atoms with Gasteiger partial charge in [0.2, 0.25) is 0 Å². The van der Waals surface area contributed by atoms with Gasteiger partial charge in [-0.1, -0.05) is 50.1 Å². The number of rotatable bonds is 4. The lowest BCUT2D eigenvalue weighted by Gasteiger charge is -2.41.